The van der Waals surface area contributed by atoms with Gasteiger partial charge in [0.2, 0.25) is 0 Å². The average molecular weight is 260 g/mol. The van der Waals surface area contributed by atoms with Gasteiger partial charge in [-0.25, -0.2) is 0 Å². The molecule has 1 aliphatic rings. The molecule has 2 aromatic rings. The number of para-hydroxylation sites is 2. The molecule has 19 heavy (non-hydrogen) atoms. The first-order chi connectivity index (χ1) is 9.29. The Kier molecular flexibility index (Phi) is 7.90. The van der Waals surface area contributed by atoms with Gasteiger partial charge in [-0.3, -0.25) is 0 Å². The van der Waals surface area contributed by atoms with Crippen LogP contribution in [0.15, 0.2) is 60.7 Å². The van der Waals surface area contributed by atoms with Gasteiger partial charge in [-0.2, -0.15) is 0 Å². The number of aromatic hydroxyl groups is 2. The molecule has 0 spiro atoms. The van der Waals surface area contributed by atoms with E-state index in [0.29, 0.717) is 11.5 Å². The third-order valence-corrected chi connectivity index (χ3v) is 2.34. The molecule has 1 aliphatic heterocycles. The summed E-state index contributed by atoms with van der Waals surface area (Å²) in [4.78, 5) is 0. The molecule has 102 valence electrons. The van der Waals surface area contributed by atoms with E-state index in [0.717, 1.165) is 13.2 Å². The molecule has 0 radical (unpaired) electrons. The fraction of sp³-hybridized carbons (Fsp3) is 0.250. The van der Waals surface area contributed by atoms with Crippen molar-refractivity contribution in [1.29, 1.82) is 0 Å². The van der Waals surface area contributed by atoms with E-state index < -0.39 is 0 Å². The first-order valence-corrected chi connectivity index (χ1v) is 6.35. The maximum atomic E-state index is 8.63. The van der Waals surface area contributed by atoms with Crippen LogP contribution in [-0.4, -0.2) is 23.4 Å². The maximum absolute atomic E-state index is 8.63. The van der Waals surface area contributed by atoms with Crippen molar-refractivity contribution in [1.82, 2.24) is 0 Å². The van der Waals surface area contributed by atoms with Gasteiger partial charge in [-0.1, -0.05) is 36.4 Å². The van der Waals surface area contributed by atoms with E-state index in [9.17, 15) is 0 Å². The first-order valence-electron chi connectivity index (χ1n) is 6.35. The van der Waals surface area contributed by atoms with Crippen LogP contribution >= 0.6 is 0 Å². The van der Waals surface area contributed by atoms with Crippen LogP contribution < -0.4 is 0 Å². The van der Waals surface area contributed by atoms with Crippen molar-refractivity contribution in [2.45, 2.75) is 12.8 Å². The van der Waals surface area contributed by atoms with Crippen molar-refractivity contribution in [3.05, 3.63) is 60.7 Å². The average Bonchev–Trinajstić information content (AvgIpc) is 3.00. The molecule has 3 heteroatoms. The second-order valence-corrected chi connectivity index (χ2v) is 3.99. The molecule has 3 rings (SSSR count). The molecule has 0 bridgehead atoms. The highest BCUT2D eigenvalue weighted by molar-refractivity contribution is 5.19. The molecule has 3 nitrogen and oxygen atoms in total. The van der Waals surface area contributed by atoms with Crippen molar-refractivity contribution in [3.63, 3.8) is 0 Å². The summed E-state index contributed by atoms with van der Waals surface area (Å²) in [6, 6.07) is 17.4. The fourth-order valence-electron chi connectivity index (χ4n) is 1.37. The Morgan fingerprint density at radius 3 is 1.16 bits per heavy atom. The largest absolute Gasteiger partial charge is 0.508 e. The zero-order chi connectivity index (χ0) is 13.8. The Balaban J connectivity index is 0.000000145. The Hall–Kier alpha value is -2.00. The van der Waals surface area contributed by atoms with E-state index in [4.69, 9.17) is 14.9 Å². The molecule has 2 aromatic carbocycles. The SMILES string of the molecule is C1CCOC1.Oc1ccccc1.Oc1ccccc1. The van der Waals surface area contributed by atoms with Crippen LogP contribution in [0.25, 0.3) is 0 Å². The molecular weight excluding hydrogens is 240 g/mol. The summed E-state index contributed by atoms with van der Waals surface area (Å²) < 4.78 is 4.94. The third kappa shape index (κ3) is 8.69. The van der Waals surface area contributed by atoms with E-state index in [1.807, 2.05) is 12.1 Å². The molecular formula is C16H20O3. The van der Waals surface area contributed by atoms with Crippen LogP contribution in [0, 0.1) is 0 Å². The third-order valence-electron chi connectivity index (χ3n) is 2.34. The predicted octanol–water partition coefficient (Wildman–Crippen LogP) is 3.58. The second-order valence-electron chi connectivity index (χ2n) is 3.99. The number of hydrogen-bond acceptors (Lipinski definition) is 3. The van der Waals surface area contributed by atoms with Crippen LogP contribution in [-0.2, 0) is 4.74 Å². The van der Waals surface area contributed by atoms with Crippen molar-refractivity contribution in [2.75, 3.05) is 13.2 Å². The highest BCUT2D eigenvalue weighted by Crippen LogP contribution is 2.03. The minimum atomic E-state index is 0.322. The lowest BCUT2D eigenvalue weighted by molar-refractivity contribution is 0.198. The first kappa shape index (κ1) is 15.1. The van der Waals surface area contributed by atoms with Crippen LogP contribution in [0.5, 0.6) is 11.5 Å². The van der Waals surface area contributed by atoms with Crippen molar-refractivity contribution in [2.24, 2.45) is 0 Å². The van der Waals surface area contributed by atoms with Gasteiger partial charge in [-0.15, -0.1) is 0 Å². The normalized spacial score (nSPS) is 12.6. The highest BCUT2D eigenvalue weighted by atomic mass is 16.5. The lowest BCUT2D eigenvalue weighted by atomic mass is 10.3. The van der Waals surface area contributed by atoms with E-state index >= 15 is 0 Å². The Labute approximate surface area is 114 Å². The van der Waals surface area contributed by atoms with Gasteiger partial charge in [0.1, 0.15) is 11.5 Å². The van der Waals surface area contributed by atoms with Gasteiger partial charge in [0.25, 0.3) is 0 Å². The van der Waals surface area contributed by atoms with Crippen LogP contribution in [0.1, 0.15) is 12.8 Å². The number of hydrogen-bond donors (Lipinski definition) is 2. The van der Waals surface area contributed by atoms with Crippen molar-refractivity contribution >= 4 is 0 Å². The molecule has 1 saturated heterocycles. The molecule has 0 atom stereocenters. The summed E-state index contributed by atoms with van der Waals surface area (Å²) in [6.07, 6.45) is 2.56. The smallest absolute Gasteiger partial charge is 0.115 e. The van der Waals surface area contributed by atoms with Crippen LogP contribution in [0.4, 0.5) is 0 Å². The Morgan fingerprint density at radius 1 is 0.632 bits per heavy atom. The quantitative estimate of drug-likeness (QED) is 0.761. The molecule has 0 unspecified atom stereocenters. The second kappa shape index (κ2) is 9.97. The lowest BCUT2D eigenvalue weighted by Gasteiger charge is -1.82. The summed E-state index contributed by atoms with van der Waals surface area (Å²) in [5.74, 6) is 0.644. The van der Waals surface area contributed by atoms with Gasteiger partial charge in [0, 0.05) is 13.2 Å². The number of benzene rings is 2. The summed E-state index contributed by atoms with van der Waals surface area (Å²) in [7, 11) is 0. The topological polar surface area (TPSA) is 49.7 Å². The number of phenolic OH excluding ortho intramolecular Hbond substituents is 2. The standard InChI is InChI=1S/2C6H6O.C4H8O/c2*7-6-4-2-1-3-5-6;1-2-4-5-3-1/h2*1-5,7H;1-4H2. The number of ether oxygens (including phenoxy) is 1. The number of phenols is 2. The van der Waals surface area contributed by atoms with Crippen LogP contribution in [0.2, 0.25) is 0 Å². The maximum Gasteiger partial charge on any atom is 0.115 e. The van der Waals surface area contributed by atoms with E-state index in [2.05, 4.69) is 0 Å². The molecule has 0 aliphatic carbocycles. The van der Waals surface area contributed by atoms with Crippen molar-refractivity contribution in [3.8, 4) is 11.5 Å². The molecule has 1 heterocycles. The number of rotatable bonds is 0. The molecule has 0 aromatic heterocycles. The molecule has 0 amide bonds. The lowest BCUT2D eigenvalue weighted by Crippen LogP contribution is -1.74. The molecule has 1 fully saturated rings. The summed E-state index contributed by atoms with van der Waals surface area (Å²) in [6.45, 7) is 2.00. The zero-order valence-corrected chi connectivity index (χ0v) is 10.9. The van der Waals surface area contributed by atoms with Gasteiger partial charge in [0.15, 0.2) is 0 Å². The van der Waals surface area contributed by atoms with E-state index in [-0.39, 0.29) is 0 Å². The summed E-state index contributed by atoms with van der Waals surface area (Å²) >= 11 is 0. The van der Waals surface area contributed by atoms with Gasteiger partial charge in [0.05, 0.1) is 0 Å². The van der Waals surface area contributed by atoms with Gasteiger partial charge in [-0.05, 0) is 37.1 Å². The Bertz CT molecular complexity index is 365. The molecule has 2 N–H and O–H groups in total. The fourth-order valence-corrected chi connectivity index (χ4v) is 1.37. The van der Waals surface area contributed by atoms with Gasteiger partial charge >= 0.3 is 0 Å². The summed E-state index contributed by atoms with van der Waals surface area (Å²) in [5, 5.41) is 17.3. The van der Waals surface area contributed by atoms with E-state index in [1.54, 1.807) is 48.5 Å². The Morgan fingerprint density at radius 2 is 1.00 bits per heavy atom. The minimum Gasteiger partial charge on any atom is -0.508 e. The molecule has 0 saturated carbocycles. The van der Waals surface area contributed by atoms with Crippen molar-refractivity contribution < 1.29 is 14.9 Å². The monoisotopic (exact) mass is 260 g/mol. The summed E-state index contributed by atoms with van der Waals surface area (Å²) in [5.41, 5.74) is 0. The zero-order valence-electron chi connectivity index (χ0n) is 10.9. The van der Waals surface area contributed by atoms with Gasteiger partial charge < -0.3 is 14.9 Å². The van der Waals surface area contributed by atoms with Crippen LogP contribution in [0.3, 0.4) is 0 Å². The highest BCUT2D eigenvalue weighted by Gasteiger charge is 1.94. The predicted molar refractivity (Wildman–Crippen MR) is 76.3 cm³/mol. The minimum absolute atomic E-state index is 0.322. The van der Waals surface area contributed by atoms with E-state index in [1.165, 1.54) is 12.8 Å².